The van der Waals surface area contributed by atoms with Crippen LogP contribution in [0.3, 0.4) is 0 Å². The Balaban J connectivity index is 0.000000211. The molecule has 1 fully saturated rings. The number of anilines is 1. The van der Waals surface area contributed by atoms with Crippen molar-refractivity contribution < 1.29 is 27.1 Å². The maximum Gasteiger partial charge on any atom is 0.298 e. The molecule has 0 radical (unpaired) electrons. The number of halogens is 2. The summed E-state index contributed by atoms with van der Waals surface area (Å²) >= 11 is 0. The molecule has 4 aromatic rings. The van der Waals surface area contributed by atoms with Gasteiger partial charge in [-0.3, -0.25) is 4.79 Å². The Labute approximate surface area is 200 Å². The molecule has 3 aromatic heterocycles. The molecule has 1 saturated heterocycles. The molecule has 2 aliphatic heterocycles. The minimum Gasteiger partial charge on any atom is -0.440 e. The number of fused-ring (bicyclic) bond motifs is 2. The molecule has 1 amide bonds. The van der Waals surface area contributed by atoms with E-state index in [4.69, 9.17) is 13.6 Å². The Morgan fingerprint density at radius 1 is 1.20 bits per heavy atom. The number of alkyl halides is 1. The number of carbonyl (C=O) groups excluding carboxylic acids is 1. The van der Waals surface area contributed by atoms with E-state index >= 15 is 0 Å². The van der Waals surface area contributed by atoms with E-state index in [2.05, 4.69) is 19.9 Å². The molecule has 2 atom stereocenters. The summed E-state index contributed by atoms with van der Waals surface area (Å²) in [4.78, 5) is 31.6. The number of benzene rings is 1. The zero-order valence-corrected chi connectivity index (χ0v) is 19.8. The molecule has 184 valence electrons. The number of carbonyl (C=O) groups is 1. The number of amides is 1. The molecule has 5 heterocycles. The van der Waals surface area contributed by atoms with Gasteiger partial charge in [0.05, 0.1) is 37.5 Å². The Kier molecular flexibility index (Phi) is 6.74. The number of para-hydroxylation sites is 1. The highest BCUT2D eigenvalue weighted by Gasteiger charge is 2.32. The molecule has 2 aliphatic rings. The molecule has 6 rings (SSSR count). The Hall–Kier alpha value is -3.37. The van der Waals surface area contributed by atoms with Gasteiger partial charge in [-0.05, 0) is 12.1 Å². The standard InChI is InChI=1S/C15H19FN5O3P.C7H4FNO/c16-13(25)11-12(24-15(19-11)20-3-5-23-6-4-20)14(22)21-2-1-9-10(7-21)18-8-17-9;8-5-2-1-3-6-7(5)10-4-9-6/h8,13H,1-7,25H2,(H,17,18);1-4H. The number of oxazole rings is 2. The first-order valence-electron chi connectivity index (χ1n) is 11.0. The van der Waals surface area contributed by atoms with Crippen molar-refractivity contribution in [2.45, 2.75) is 18.9 Å². The minimum atomic E-state index is -1.47. The number of rotatable bonds is 3. The van der Waals surface area contributed by atoms with Gasteiger partial charge in [0, 0.05) is 26.1 Å². The van der Waals surface area contributed by atoms with Crippen LogP contribution in [0.15, 0.2) is 39.8 Å². The highest BCUT2D eigenvalue weighted by atomic mass is 31.0. The summed E-state index contributed by atoms with van der Waals surface area (Å²) < 4.78 is 42.4. The van der Waals surface area contributed by atoms with Crippen LogP contribution in [0.4, 0.5) is 14.8 Å². The average Bonchev–Trinajstić information content (AvgIpc) is 3.64. The van der Waals surface area contributed by atoms with Crippen molar-refractivity contribution in [3.63, 3.8) is 0 Å². The molecule has 0 aliphatic carbocycles. The van der Waals surface area contributed by atoms with Gasteiger partial charge < -0.3 is 28.4 Å². The van der Waals surface area contributed by atoms with Crippen molar-refractivity contribution in [3.8, 4) is 0 Å². The fourth-order valence-electron chi connectivity index (χ4n) is 3.93. The Morgan fingerprint density at radius 2 is 2.03 bits per heavy atom. The van der Waals surface area contributed by atoms with E-state index in [0.29, 0.717) is 51.3 Å². The zero-order valence-electron chi connectivity index (χ0n) is 18.6. The summed E-state index contributed by atoms with van der Waals surface area (Å²) in [7, 11) is 2.03. The lowest BCUT2D eigenvalue weighted by atomic mass is 10.1. The van der Waals surface area contributed by atoms with E-state index in [1.165, 1.54) is 12.5 Å². The number of hydrogen-bond donors (Lipinski definition) is 1. The van der Waals surface area contributed by atoms with E-state index in [1.54, 1.807) is 23.4 Å². The number of imidazole rings is 1. The van der Waals surface area contributed by atoms with E-state index in [1.807, 2.05) is 14.1 Å². The normalized spacial score (nSPS) is 16.5. The smallest absolute Gasteiger partial charge is 0.298 e. The van der Waals surface area contributed by atoms with Gasteiger partial charge in [0.15, 0.2) is 23.7 Å². The first-order chi connectivity index (χ1) is 17.0. The summed E-state index contributed by atoms with van der Waals surface area (Å²) in [5, 5.41) is 0. The van der Waals surface area contributed by atoms with Crippen LogP contribution in [0.1, 0.15) is 33.5 Å². The SMILES string of the molecule is Fc1cccc2ncoc12.O=C(c1oc(N2CCOCC2)nc1C(F)P)N1CCc2nc[nH]c2C1. The molecule has 0 saturated carbocycles. The fraction of sp³-hybridized carbons (Fsp3) is 0.364. The highest BCUT2D eigenvalue weighted by molar-refractivity contribution is 7.16. The second-order valence-electron chi connectivity index (χ2n) is 7.96. The maximum atomic E-state index is 14.0. The lowest BCUT2D eigenvalue weighted by Crippen LogP contribution is -2.36. The van der Waals surface area contributed by atoms with Gasteiger partial charge in [0.25, 0.3) is 11.9 Å². The fourth-order valence-corrected chi connectivity index (χ4v) is 4.16. The number of aromatic nitrogens is 4. The molecule has 1 aromatic carbocycles. The number of hydrogen-bond acceptors (Lipinski definition) is 8. The maximum absolute atomic E-state index is 14.0. The monoisotopic (exact) mass is 504 g/mol. The second kappa shape index (κ2) is 10.1. The first kappa shape index (κ1) is 23.4. The number of ether oxygens (including phenoxy) is 1. The van der Waals surface area contributed by atoms with Crippen molar-refractivity contribution in [1.29, 1.82) is 0 Å². The largest absolute Gasteiger partial charge is 0.440 e. The summed E-state index contributed by atoms with van der Waals surface area (Å²) in [5.41, 5.74) is 2.66. The van der Waals surface area contributed by atoms with E-state index in [0.717, 1.165) is 11.4 Å². The van der Waals surface area contributed by atoms with Crippen LogP contribution < -0.4 is 4.90 Å². The van der Waals surface area contributed by atoms with Crippen LogP contribution in [0.2, 0.25) is 0 Å². The number of nitrogens with zero attached hydrogens (tertiary/aromatic N) is 5. The topological polar surface area (TPSA) is 114 Å². The minimum absolute atomic E-state index is 0.0203. The van der Waals surface area contributed by atoms with Gasteiger partial charge in [0.2, 0.25) is 5.76 Å². The molecule has 0 spiro atoms. The first-order valence-corrected chi connectivity index (χ1v) is 11.7. The molecular formula is C22H23F2N6O4P. The van der Waals surface area contributed by atoms with Crippen molar-refractivity contribution >= 4 is 32.3 Å². The number of aromatic amines is 1. The van der Waals surface area contributed by atoms with Crippen LogP contribution in [0.25, 0.3) is 11.1 Å². The van der Waals surface area contributed by atoms with Crippen molar-refractivity contribution in [2.75, 3.05) is 37.7 Å². The summed E-state index contributed by atoms with van der Waals surface area (Å²) in [5.74, 6) is -2.22. The van der Waals surface area contributed by atoms with Crippen molar-refractivity contribution in [1.82, 2.24) is 24.8 Å². The molecule has 1 N–H and O–H groups in total. The van der Waals surface area contributed by atoms with Crippen molar-refractivity contribution in [2.24, 2.45) is 0 Å². The van der Waals surface area contributed by atoms with Gasteiger partial charge in [-0.2, -0.15) is 4.98 Å². The number of morpholine rings is 1. The molecule has 35 heavy (non-hydrogen) atoms. The molecule has 2 unspecified atom stereocenters. The predicted octanol–water partition coefficient (Wildman–Crippen LogP) is 3.24. The number of nitrogens with one attached hydrogen (secondary N) is 1. The molecule has 10 nitrogen and oxygen atoms in total. The highest BCUT2D eigenvalue weighted by Crippen LogP contribution is 2.32. The van der Waals surface area contributed by atoms with Gasteiger partial charge in [0.1, 0.15) is 11.2 Å². The van der Waals surface area contributed by atoms with E-state index < -0.39 is 5.91 Å². The average molecular weight is 504 g/mol. The third-order valence-corrected chi connectivity index (χ3v) is 6.07. The van der Waals surface area contributed by atoms with Crippen LogP contribution >= 0.6 is 9.24 Å². The van der Waals surface area contributed by atoms with Gasteiger partial charge in [-0.1, -0.05) is 15.3 Å². The quantitative estimate of drug-likeness (QED) is 0.423. The number of H-pyrrole nitrogens is 1. The zero-order chi connectivity index (χ0) is 24.4. The predicted molar refractivity (Wildman–Crippen MR) is 124 cm³/mol. The summed E-state index contributed by atoms with van der Waals surface area (Å²) in [6.07, 6.45) is 3.51. The molecular weight excluding hydrogens is 481 g/mol. The molecule has 0 bridgehead atoms. The molecule has 13 heteroatoms. The van der Waals surface area contributed by atoms with Crippen molar-refractivity contribution in [3.05, 3.63) is 59.6 Å². The lowest BCUT2D eigenvalue weighted by molar-refractivity contribution is 0.0696. The van der Waals surface area contributed by atoms with Crippen LogP contribution in [-0.2, 0) is 17.7 Å². The Bertz CT molecular complexity index is 1320. The third-order valence-electron chi connectivity index (χ3n) is 5.75. The summed E-state index contributed by atoms with van der Waals surface area (Å²) in [6.45, 7) is 3.21. The van der Waals surface area contributed by atoms with Gasteiger partial charge >= 0.3 is 0 Å². The van der Waals surface area contributed by atoms with E-state index in [9.17, 15) is 13.6 Å². The van der Waals surface area contributed by atoms with Gasteiger partial charge in [-0.15, -0.1) is 0 Å². The lowest BCUT2D eigenvalue weighted by Gasteiger charge is -2.26. The second-order valence-corrected chi connectivity index (χ2v) is 8.54. The van der Waals surface area contributed by atoms with Gasteiger partial charge in [-0.25, -0.2) is 18.7 Å². The third kappa shape index (κ3) is 4.89. The summed E-state index contributed by atoms with van der Waals surface area (Å²) in [6, 6.07) is 4.90. The van der Waals surface area contributed by atoms with Crippen LogP contribution in [0, 0.1) is 5.82 Å². The van der Waals surface area contributed by atoms with E-state index in [-0.39, 0.29) is 34.8 Å². The van der Waals surface area contributed by atoms with Crippen LogP contribution in [0.5, 0.6) is 0 Å². The Morgan fingerprint density at radius 3 is 2.80 bits per heavy atom. The van der Waals surface area contributed by atoms with Crippen LogP contribution in [-0.4, -0.2) is 63.6 Å².